The van der Waals surface area contributed by atoms with Gasteiger partial charge >= 0.3 is 0 Å². The molecule has 1 atom stereocenters. The van der Waals surface area contributed by atoms with Gasteiger partial charge in [0.25, 0.3) is 0 Å². The normalized spacial score (nSPS) is 13.1. The number of aromatic nitrogens is 1. The first-order valence-electron chi connectivity index (χ1n) is 5.83. The molecule has 1 aromatic heterocycles. The van der Waals surface area contributed by atoms with E-state index in [1.165, 1.54) is 18.3 Å². The summed E-state index contributed by atoms with van der Waals surface area (Å²) in [5, 5.41) is 9.28. The van der Waals surface area contributed by atoms with Gasteiger partial charge in [0.2, 0.25) is 10.0 Å². The molecule has 0 aliphatic rings. The maximum absolute atomic E-state index is 12.2. The lowest BCUT2D eigenvalue weighted by Crippen LogP contribution is -2.31. The number of hydrogen-bond acceptors (Lipinski definition) is 4. The number of rotatable bonds is 5. The monoisotopic (exact) mass is 312 g/mol. The number of benzene rings is 1. The van der Waals surface area contributed by atoms with Crippen LogP contribution in [0.1, 0.15) is 11.6 Å². The minimum Gasteiger partial charge on any atom is -0.394 e. The number of pyridine rings is 1. The molecule has 0 aliphatic carbocycles. The maximum Gasteiger partial charge on any atom is 0.244 e. The van der Waals surface area contributed by atoms with E-state index in [0.717, 1.165) is 0 Å². The summed E-state index contributed by atoms with van der Waals surface area (Å²) in [6, 6.07) is 10.9. The number of nitrogens with one attached hydrogen (secondary N) is 1. The zero-order chi connectivity index (χ0) is 14.6. The molecule has 1 aromatic carbocycles. The second-order valence-corrected chi connectivity index (χ2v) is 6.10. The summed E-state index contributed by atoms with van der Waals surface area (Å²) in [5.74, 6) is 0. The fourth-order valence-corrected chi connectivity index (χ4v) is 3.39. The molecule has 0 amide bonds. The third-order valence-electron chi connectivity index (χ3n) is 2.70. The van der Waals surface area contributed by atoms with E-state index in [0.29, 0.717) is 5.56 Å². The van der Waals surface area contributed by atoms with E-state index in [1.807, 2.05) is 6.07 Å². The van der Waals surface area contributed by atoms with E-state index in [1.54, 1.807) is 24.3 Å². The number of sulfonamides is 1. The van der Waals surface area contributed by atoms with Crippen LogP contribution < -0.4 is 4.72 Å². The largest absolute Gasteiger partial charge is 0.394 e. The second-order valence-electron chi connectivity index (χ2n) is 4.06. The van der Waals surface area contributed by atoms with Gasteiger partial charge in [-0.3, -0.25) is 0 Å². The van der Waals surface area contributed by atoms with Crippen molar-refractivity contribution in [3.63, 3.8) is 0 Å². The van der Waals surface area contributed by atoms with Crippen molar-refractivity contribution in [3.05, 3.63) is 59.4 Å². The number of aliphatic hydroxyl groups is 1. The highest BCUT2D eigenvalue weighted by atomic mass is 35.5. The van der Waals surface area contributed by atoms with Crippen LogP contribution in [0, 0.1) is 0 Å². The fraction of sp³-hybridized carbons (Fsp3) is 0.154. The van der Waals surface area contributed by atoms with Gasteiger partial charge in [-0.1, -0.05) is 41.9 Å². The molecule has 2 N–H and O–H groups in total. The van der Waals surface area contributed by atoms with Crippen molar-refractivity contribution in [1.82, 2.24) is 9.71 Å². The van der Waals surface area contributed by atoms with Crippen LogP contribution in [0.15, 0.2) is 53.6 Å². The number of aliphatic hydroxyl groups excluding tert-OH is 1. The van der Waals surface area contributed by atoms with Crippen LogP contribution in [-0.2, 0) is 10.0 Å². The molecule has 0 saturated carbocycles. The molecule has 2 rings (SSSR count). The minimum absolute atomic E-state index is 0.107. The topological polar surface area (TPSA) is 79.3 Å². The van der Waals surface area contributed by atoms with Gasteiger partial charge in [0.1, 0.15) is 10.0 Å². The lowest BCUT2D eigenvalue weighted by atomic mass is 10.1. The lowest BCUT2D eigenvalue weighted by Gasteiger charge is -2.17. The third kappa shape index (κ3) is 3.34. The first-order valence-corrected chi connectivity index (χ1v) is 7.69. The average molecular weight is 313 g/mol. The molecular formula is C13H13ClN2O3S. The first kappa shape index (κ1) is 14.9. The molecule has 0 fully saturated rings. The van der Waals surface area contributed by atoms with E-state index in [4.69, 9.17) is 11.6 Å². The van der Waals surface area contributed by atoms with Gasteiger partial charge in [0.15, 0.2) is 0 Å². The summed E-state index contributed by atoms with van der Waals surface area (Å²) in [6.45, 7) is -0.360. The molecule has 0 unspecified atom stereocenters. The van der Waals surface area contributed by atoms with Crippen LogP contribution >= 0.6 is 11.6 Å². The molecule has 0 aliphatic heterocycles. The quantitative estimate of drug-likeness (QED) is 0.824. The molecular weight excluding hydrogens is 300 g/mol. The summed E-state index contributed by atoms with van der Waals surface area (Å²) in [6.07, 6.45) is 1.40. The van der Waals surface area contributed by atoms with Gasteiger partial charge in [0.05, 0.1) is 12.6 Å². The molecule has 106 valence electrons. The van der Waals surface area contributed by atoms with Crippen molar-refractivity contribution in [3.8, 4) is 0 Å². The summed E-state index contributed by atoms with van der Waals surface area (Å²) in [5.41, 5.74) is 0.665. The highest BCUT2D eigenvalue weighted by Crippen LogP contribution is 2.21. The summed E-state index contributed by atoms with van der Waals surface area (Å²) in [7, 11) is -3.85. The van der Waals surface area contributed by atoms with Crippen LogP contribution in [0.3, 0.4) is 0 Å². The Hall–Kier alpha value is -1.47. The Bertz CT molecular complexity index is 677. The smallest absolute Gasteiger partial charge is 0.244 e. The highest BCUT2D eigenvalue weighted by molar-refractivity contribution is 7.89. The van der Waals surface area contributed by atoms with Crippen molar-refractivity contribution >= 4 is 21.6 Å². The van der Waals surface area contributed by atoms with Gasteiger partial charge in [-0.05, 0) is 17.7 Å². The van der Waals surface area contributed by atoms with E-state index in [-0.39, 0.29) is 16.7 Å². The number of nitrogens with zero attached hydrogens (tertiary/aromatic N) is 1. The van der Waals surface area contributed by atoms with E-state index in [2.05, 4.69) is 9.71 Å². The van der Waals surface area contributed by atoms with Gasteiger partial charge in [-0.25, -0.2) is 18.1 Å². The van der Waals surface area contributed by atoms with Crippen LogP contribution in [0.25, 0.3) is 0 Å². The van der Waals surface area contributed by atoms with Crippen LogP contribution in [0.5, 0.6) is 0 Å². The molecule has 5 nitrogen and oxygen atoms in total. The highest BCUT2D eigenvalue weighted by Gasteiger charge is 2.23. The summed E-state index contributed by atoms with van der Waals surface area (Å²) < 4.78 is 26.9. The van der Waals surface area contributed by atoms with E-state index in [9.17, 15) is 13.5 Å². The minimum atomic E-state index is -3.85. The van der Waals surface area contributed by atoms with Crippen LogP contribution in [-0.4, -0.2) is 25.1 Å². The molecule has 0 radical (unpaired) electrons. The van der Waals surface area contributed by atoms with Gasteiger partial charge < -0.3 is 5.11 Å². The van der Waals surface area contributed by atoms with Gasteiger partial charge in [-0.15, -0.1) is 0 Å². The third-order valence-corrected chi connectivity index (χ3v) is 4.61. The molecule has 20 heavy (non-hydrogen) atoms. The standard InChI is InChI=1S/C13H13ClN2O3S/c14-13-12(7-4-8-15-13)20(18,19)16-11(9-17)10-5-2-1-3-6-10/h1-8,11,16-17H,9H2/t11-/m1/s1. The van der Waals surface area contributed by atoms with Crippen molar-refractivity contribution in [1.29, 1.82) is 0 Å². The van der Waals surface area contributed by atoms with Crippen molar-refractivity contribution in [2.24, 2.45) is 0 Å². The van der Waals surface area contributed by atoms with Crippen molar-refractivity contribution < 1.29 is 13.5 Å². The zero-order valence-electron chi connectivity index (χ0n) is 10.4. The maximum atomic E-state index is 12.2. The van der Waals surface area contributed by atoms with Crippen LogP contribution in [0.2, 0.25) is 5.15 Å². The Kier molecular flexibility index (Phi) is 4.72. The molecule has 7 heteroatoms. The van der Waals surface area contributed by atoms with E-state index < -0.39 is 16.1 Å². The Labute approximate surface area is 122 Å². The van der Waals surface area contributed by atoms with Crippen molar-refractivity contribution in [2.45, 2.75) is 10.9 Å². The number of hydrogen-bond donors (Lipinski definition) is 2. The Morgan fingerprint density at radius 1 is 1.20 bits per heavy atom. The SMILES string of the molecule is O=S(=O)(N[C@H](CO)c1ccccc1)c1cccnc1Cl. The summed E-state index contributed by atoms with van der Waals surface area (Å²) in [4.78, 5) is 3.62. The second kappa shape index (κ2) is 6.32. The zero-order valence-corrected chi connectivity index (χ0v) is 12.0. The molecule has 1 heterocycles. The Balaban J connectivity index is 2.30. The fourth-order valence-electron chi connectivity index (χ4n) is 1.72. The van der Waals surface area contributed by atoms with Gasteiger partial charge in [0, 0.05) is 6.20 Å². The van der Waals surface area contributed by atoms with Crippen molar-refractivity contribution in [2.75, 3.05) is 6.61 Å². The average Bonchev–Trinajstić information content (AvgIpc) is 2.46. The van der Waals surface area contributed by atoms with Gasteiger partial charge in [-0.2, -0.15) is 0 Å². The molecule has 0 bridgehead atoms. The lowest BCUT2D eigenvalue weighted by molar-refractivity contribution is 0.259. The first-order chi connectivity index (χ1) is 9.54. The Morgan fingerprint density at radius 3 is 2.50 bits per heavy atom. The molecule has 2 aromatic rings. The molecule has 0 spiro atoms. The number of halogens is 1. The molecule has 0 saturated heterocycles. The van der Waals surface area contributed by atoms with Crippen LogP contribution in [0.4, 0.5) is 0 Å². The van der Waals surface area contributed by atoms with E-state index >= 15 is 0 Å². The predicted octanol–water partition coefficient (Wildman–Crippen LogP) is 1.75. The Morgan fingerprint density at radius 2 is 1.90 bits per heavy atom. The predicted molar refractivity (Wildman–Crippen MR) is 75.8 cm³/mol. The summed E-state index contributed by atoms with van der Waals surface area (Å²) >= 11 is 5.79.